The van der Waals surface area contributed by atoms with E-state index in [9.17, 15) is 14.7 Å². The number of carboxylic acids is 1. The summed E-state index contributed by atoms with van der Waals surface area (Å²) in [6.07, 6.45) is 0.659. The van der Waals surface area contributed by atoms with E-state index >= 15 is 0 Å². The van der Waals surface area contributed by atoms with Gasteiger partial charge < -0.3 is 10.0 Å². The summed E-state index contributed by atoms with van der Waals surface area (Å²) in [4.78, 5) is 26.7. The minimum absolute atomic E-state index is 0.0141. The maximum Gasteiger partial charge on any atom is 0.309 e. The molecule has 0 radical (unpaired) electrons. The second-order valence-electron chi connectivity index (χ2n) is 5.54. The maximum atomic E-state index is 12.5. The Hall–Kier alpha value is -2.14. The zero-order valence-electron chi connectivity index (χ0n) is 12.2. The van der Waals surface area contributed by atoms with Crippen LogP contribution < -0.4 is 4.90 Å². The molecule has 3 rings (SSSR count). The van der Waals surface area contributed by atoms with Crippen LogP contribution in [-0.2, 0) is 9.59 Å². The van der Waals surface area contributed by atoms with Gasteiger partial charge in [-0.3, -0.25) is 9.59 Å². The molecule has 1 aliphatic rings. The molecule has 1 amide bonds. The first-order valence-corrected chi connectivity index (χ1v) is 8.11. The van der Waals surface area contributed by atoms with Crippen molar-refractivity contribution in [3.05, 3.63) is 52.2 Å². The molecule has 114 valence electrons. The molecule has 1 fully saturated rings. The number of rotatable bonds is 3. The lowest BCUT2D eigenvalue weighted by Crippen LogP contribution is -2.45. The molecular weight excluding hydrogens is 298 g/mol. The summed E-state index contributed by atoms with van der Waals surface area (Å²) in [5.74, 6) is -1.43. The summed E-state index contributed by atoms with van der Waals surface area (Å²) < 4.78 is 0. The third kappa shape index (κ3) is 2.64. The van der Waals surface area contributed by atoms with Gasteiger partial charge in [0.25, 0.3) is 0 Å². The minimum Gasteiger partial charge on any atom is -0.481 e. The summed E-state index contributed by atoms with van der Waals surface area (Å²) in [6.45, 7) is 1.98. The van der Waals surface area contributed by atoms with Gasteiger partial charge in [-0.2, -0.15) is 0 Å². The number of hydrogen-bond acceptors (Lipinski definition) is 3. The number of piperidine rings is 1. The molecule has 0 spiro atoms. The average molecular weight is 315 g/mol. The van der Waals surface area contributed by atoms with Crippen molar-refractivity contribution in [1.29, 1.82) is 0 Å². The number of anilines is 1. The monoisotopic (exact) mass is 315 g/mol. The molecular formula is C17H17NO3S. The number of aliphatic carboxylic acids is 1. The number of carboxylic acid groups (broad SMARTS) is 1. The minimum atomic E-state index is -0.844. The number of thiophene rings is 1. The van der Waals surface area contributed by atoms with Crippen molar-refractivity contribution < 1.29 is 14.7 Å². The van der Waals surface area contributed by atoms with Gasteiger partial charge in [-0.1, -0.05) is 23.8 Å². The lowest BCUT2D eigenvalue weighted by molar-refractivity contribution is -0.144. The molecule has 22 heavy (non-hydrogen) atoms. The summed E-state index contributed by atoms with van der Waals surface area (Å²) in [6, 6.07) is 11.0. The van der Waals surface area contributed by atoms with Crippen LogP contribution in [0.5, 0.6) is 0 Å². The third-order valence-electron chi connectivity index (χ3n) is 4.06. The van der Waals surface area contributed by atoms with E-state index in [1.807, 2.05) is 48.7 Å². The molecule has 1 aliphatic heterocycles. The van der Waals surface area contributed by atoms with Gasteiger partial charge in [0.1, 0.15) is 0 Å². The normalized spacial score (nSPS) is 21.9. The first kappa shape index (κ1) is 14.8. The zero-order valence-corrected chi connectivity index (χ0v) is 13.0. The van der Waals surface area contributed by atoms with Crippen LogP contribution in [0.4, 0.5) is 5.69 Å². The lowest BCUT2D eigenvalue weighted by Gasteiger charge is -2.39. The Bertz CT molecular complexity index is 678. The van der Waals surface area contributed by atoms with Crippen LogP contribution in [0.2, 0.25) is 0 Å². The number of hydrogen-bond donors (Lipinski definition) is 1. The fraction of sp³-hybridized carbons (Fsp3) is 0.294. The van der Waals surface area contributed by atoms with Gasteiger partial charge in [-0.15, -0.1) is 11.3 Å². The summed E-state index contributed by atoms with van der Waals surface area (Å²) >= 11 is 1.50. The average Bonchev–Trinajstić information content (AvgIpc) is 3.01. The van der Waals surface area contributed by atoms with Gasteiger partial charge >= 0.3 is 5.97 Å². The smallest absolute Gasteiger partial charge is 0.309 e. The number of benzene rings is 1. The summed E-state index contributed by atoms with van der Waals surface area (Å²) in [7, 11) is 0. The molecule has 0 bridgehead atoms. The fourth-order valence-corrected chi connectivity index (χ4v) is 3.83. The van der Waals surface area contributed by atoms with E-state index in [0.717, 1.165) is 16.1 Å². The molecule has 2 atom stereocenters. The molecule has 2 aromatic rings. The van der Waals surface area contributed by atoms with E-state index in [0.29, 0.717) is 6.42 Å². The van der Waals surface area contributed by atoms with E-state index in [2.05, 4.69) is 0 Å². The highest BCUT2D eigenvalue weighted by atomic mass is 32.1. The van der Waals surface area contributed by atoms with Gasteiger partial charge in [0.2, 0.25) is 5.91 Å². The van der Waals surface area contributed by atoms with Crippen LogP contribution in [0, 0.1) is 12.8 Å². The van der Waals surface area contributed by atoms with Crippen LogP contribution >= 0.6 is 11.3 Å². The van der Waals surface area contributed by atoms with Gasteiger partial charge in [0.15, 0.2) is 0 Å². The van der Waals surface area contributed by atoms with E-state index in [-0.39, 0.29) is 12.3 Å². The predicted molar refractivity (Wildman–Crippen MR) is 86.1 cm³/mol. The van der Waals surface area contributed by atoms with Gasteiger partial charge in [-0.05, 0) is 36.9 Å². The molecule has 0 unspecified atom stereocenters. The number of amides is 1. The van der Waals surface area contributed by atoms with Gasteiger partial charge in [0.05, 0.1) is 12.0 Å². The van der Waals surface area contributed by atoms with Crippen LogP contribution in [0.25, 0.3) is 0 Å². The fourth-order valence-electron chi connectivity index (χ4n) is 2.95. The quantitative estimate of drug-likeness (QED) is 0.941. The molecule has 0 saturated carbocycles. The molecule has 4 nitrogen and oxygen atoms in total. The molecule has 0 aliphatic carbocycles. The standard InChI is InChI=1S/C17H17NO3S/c1-11-4-6-12(7-5-11)18-15(19)9-8-13(17(20)21)16(18)14-3-2-10-22-14/h2-7,10,13,16H,8-9H2,1H3,(H,20,21)/t13-,16+/m0/s1. The predicted octanol–water partition coefficient (Wildman–Crippen LogP) is 3.63. The van der Waals surface area contributed by atoms with Crippen LogP contribution in [0.15, 0.2) is 41.8 Å². The summed E-state index contributed by atoms with van der Waals surface area (Å²) in [5.41, 5.74) is 1.87. The zero-order chi connectivity index (χ0) is 15.7. The molecule has 1 N–H and O–H groups in total. The van der Waals surface area contributed by atoms with Gasteiger partial charge in [0, 0.05) is 17.0 Å². The van der Waals surface area contributed by atoms with Crippen molar-refractivity contribution in [3.63, 3.8) is 0 Å². The Labute approximate surface area is 133 Å². The van der Waals surface area contributed by atoms with Crippen molar-refractivity contribution in [2.75, 3.05) is 4.90 Å². The molecule has 1 saturated heterocycles. The maximum absolute atomic E-state index is 12.5. The van der Waals surface area contributed by atoms with Crippen molar-refractivity contribution in [2.45, 2.75) is 25.8 Å². The van der Waals surface area contributed by atoms with E-state index in [4.69, 9.17) is 0 Å². The highest BCUT2D eigenvalue weighted by molar-refractivity contribution is 7.10. The Morgan fingerprint density at radius 2 is 2.00 bits per heavy atom. The molecule has 1 aromatic heterocycles. The van der Waals surface area contributed by atoms with Crippen molar-refractivity contribution >= 4 is 28.9 Å². The highest BCUT2D eigenvalue weighted by Crippen LogP contribution is 2.41. The van der Waals surface area contributed by atoms with E-state index < -0.39 is 17.9 Å². The number of carbonyl (C=O) groups excluding carboxylic acids is 1. The first-order valence-electron chi connectivity index (χ1n) is 7.23. The molecule has 1 aromatic carbocycles. The van der Waals surface area contributed by atoms with Crippen LogP contribution in [0.1, 0.15) is 29.3 Å². The van der Waals surface area contributed by atoms with Crippen molar-refractivity contribution in [1.82, 2.24) is 0 Å². The van der Waals surface area contributed by atoms with E-state index in [1.54, 1.807) is 4.90 Å². The van der Waals surface area contributed by atoms with Crippen molar-refractivity contribution in [3.8, 4) is 0 Å². The first-order chi connectivity index (χ1) is 10.6. The van der Waals surface area contributed by atoms with Crippen LogP contribution in [-0.4, -0.2) is 17.0 Å². The largest absolute Gasteiger partial charge is 0.481 e. The SMILES string of the molecule is Cc1ccc(N2C(=O)CC[C@H](C(=O)O)[C@@H]2c2cccs2)cc1. The number of aryl methyl sites for hydroxylation is 1. The molecule has 2 heterocycles. The Morgan fingerprint density at radius 1 is 1.27 bits per heavy atom. The second kappa shape index (κ2) is 5.93. The topological polar surface area (TPSA) is 57.6 Å². The Morgan fingerprint density at radius 3 is 2.59 bits per heavy atom. The number of carbonyl (C=O) groups is 2. The second-order valence-corrected chi connectivity index (χ2v) is 6.52. The third-order valence-corrected chi connectivity index (χ3v) is 5.00. The lowest BCUT2D eigenvalue weighted by atomic mass is 9.87. The number of nitrogens with zero attached hydrogens (tertiary/aromatic N) is 1. The van der Waals surface area contributed by atoms with Gasteiger partial charge in [-0.25, -0.2) is 0 Å². The highest BCUT2D eigenvalue weighted by Gasteiger charge is 2.41. The summed E-state index contributed by atoms with van der Waals surface area (Å²) in [5, 5.41) is 11.5. The Balaban J connectivity index is 2.07. The van der Waals surface area contributed by atoms with Crippen LogP contribution in [0.3, 0.4) is 0 Å². The molecule has 5 heteroatoms. The van der Waals surface area contributed by atoms with Crippen molar-refractivity contribution in [2.24, 2.45) is 5.92 Å². The Kier molecular flexibility index (Phi) is 3.98. The van der Waals surface area contributed by atoms with E-state index in [1.165, 1.54) is 11.3 Å².